The molecule has 0 radical (unpaired) electrons. The highest BCUT2D eigenvalue weighted by Gasteiger charge is 2.19. The van der Waals surface area contributed by atoms with Gasteiger partial charge in [-0.15, -0.1) is 0 Å². The molecule has 0 aliphatic rings. The van der Waals surface area contributed by atoms with Crippen molar-refractivity contribution in [2.75, 3.05) is 13.2 Å². The van der Waals surface area contributed by atoms with Crippen molar-refractivity contribution < 1.29 is 28.6 Å². The molecule has 0 N–H and O–H groups in total. The van der Waals surface area contributed by atoms with Crippen LogP contribution in [0.5, 0.6) is 0 Å². The highest BCUT2D eigenvalue weighted by atomic mass is 16.6. The lowest BCUT2D eigenvalue weighted by atomic mass is 10.0. The van der Waals surface area contributed by atoms with Crippen LogP contribution in [-0.2, 0) is 28.6 Å². The average molecular weight is 1110 g/mol. The van der Waals surface area contributed by atoms with Gasteiger partial charge in [-0.1, -0.05) is 316 Å². The van der Waals surface area contributed by atoms with Crippen LogP contribution in [0.1, 0.15) is 310 Å². The van der Waals surface area contributed by atoms with E-state index in [1.165, 1.54) is 161 Å². The summed E-state index contributed by atoms with van der Waals surface area (Å²) in [7, 11) is 0. The van der Waals surface area contributed by atoms with E-state index in [4.69, 9.17) is 14.2 Å². The Morgan fingerprint density at radius 2 is 0.512 bits per heavy atom. The van der Waals surface area contributed by atoms with Crippen LogP contribution in [0.3, 0.4) is 0 Å². The molecule has 0 saturated heterocycles. The van der Waals surface area contributed by atoms with Gasteiger partial charge in [-0.3, -0.25) is 14.4 Å². The molecule has 0 aliphatic carbocycles. The molecule has 0 heterocycles. The van der Waals surface area contributed by atoms with Crippen molar-refractivity contribution in [3.63, 3.8) is 0 Å². The van der Waals surface area contributed by atoms with Gasteiger partial charge in [-0.25, -0.2) is 0 Å². The SMILES string of the molecule is CC/C=C\C/C=C\C/C=C\C/C=C\C/C=C\C/C=C\CCCCCCCCCCCCC(=O)OCC(COC(=O)CC/C=C\C/C=C\C/C=C\C/C=C\CC)OC(=O)CCCCCCCCCCCCCCCCCCCCCC. The second kappa shape index (κ2) is 67.3. The lowest BCUT2D eigenvalue weighted by Crippen LogP contribution is -2.30. The van der Waals surface area contributed by atoms with E-state index >= 15 is 0 Å². The van der Waals surface area contributed by atoms with E-state index in [1.54, 1.807) is 0 Å². The summed E-state index contributed by atoms with van der Waals surface area (Å²) in [5, 5.41) is 0. The molecule has 0 aromatic heterocycles. The normalized spacial score (nSPS) is 12.9. The highest BCUT2D eigenvalue weighted by molar-refractivity contribution is 5.71. The van der Waals surface area contributed by atoms with E-state index in [2.05, 4.69) is 136 Å². The maximum Gasteiger partial charge on any atom is 0.306 e. The van der Waals surface area contributed by atoms with Crippen LogP contribution in [0.25, 0.3) is 0 Å². The van der Waals surface area contributed by atoms with Crippen LogP contribution in [0.2, 0.25) is 0 Å². The molecular formula is C74H124O6. The topological polar surface area (TPSA) is 78.9 Å². The molecule has 6 heteroatoms. The molecule has 80 heavy (non-hydrogen) atoms. The molecule has 6 nitrogen and oxygen atoms in total. The lowest BCUT2D eigenvalue weighted by Gasteiger charge is -2.18. The number of allylic oxidation sites excluding steroid dienone is 20. The molecule has 0 bridgehead atoms. The number of hydrogen-bond donors (Lipinski definition) is 0. The first-order valence-electron chi connectivity index (χ1n) is 33.5. The van der Waals surface area contributed by atoms with E-state index in [0.29, 0.717) is 19.3 Å². The zero-order valence-electron chi connectivity index (χ0n) is 52.3. The lowest BCUT2D eigenvalue weighted by molar-refractivity contribution is -0.166. The Hall–Kier alpha value is -4.19. The number of ether oxygens (including phenoxy) is 3. The fourth-order valence-electron chi connectivity index (χ4n) is 9.29. The van der Waals surface area contributed by atoms with Gasteiger partial charge in [0.05, 0.1) is 0 Å². The minimum absolute atomic E-state index is 0.102. The third kappa shape index (κ3) is 64.6. The van der Waals surface area contributed by atoms with Gasteiger partial charge in [0.2, 0.25) is 0 Å². The fraction of sp³-hybridized carbons (Fsp3) is 0.689. The standard InChI is InChI=1S/C74H124O6/c1-4-7-10-13-16-19-22-25-27-29-31-33-34-35-36-37-38-39-40-41-43-44-46-49-52-55-58-61-64-67-73(76)79-70-71(69-78-72(75)66-63-60-57-54-51-48-24-21-18-15-12-9-6-3)80-74(77)68-65-62-59-56-53-50-47-45-42-32-30-28-26-23-20-17-14-11-8-5-2/h7,9-10,12,16,18-19,21,25,27,31,33,35-36,38-39,48,51,57,60,71H,4-6,8,11,13-15,17,20,22-24,26,28-30,32,34,37,40-47,49-50,52-56,58-59,61-70H2,1-3H3/b10-7-,12-9-,19-16-,21-18-,27-25-,33-31-,36-35-,39-38-,51-48-,60-57-. The van der Waals surface area contributed by atoms with Crippen LogP contribution >= 0.6 is 0 Å². The van der Waals surface area contributed by atoms with Gasteiger partial charge in [0.1, 0.15) is 13.2 Å². The summed E-state index contributed by atoms with van der Waals surface area (Å²) in [5.41, 5.74) is 0. The van der Waals surface area contributed by atoms with Gasteiger partial charge >= 0.3 is 17.9 Å². The third-order valence-electron chi connectivity index (χ3n) is 14.2. The van der Waals surface area contributed by atoms with E-state index in [1.807, 2.05) is 6.08 Å². The maximum atomic E-state index is 12.9. The van der Waals surface area contributed by atoms with Crippen molar-refractivity contribution in [3.05, 3.63) is 122 Å². The molecule has 0 saturated carbocycles. The third-order valence-corrected chi connectivity index (χ3v) is 14.2. The van der Waals surface area contributed by atoms with E-state index in [0.717, 1.165) is 103 Å². The van der Waals surface area contributed by atoms with Gasteiger partial charge in [-0.05, 0) is 96.3 Å². The Bertz CT molecular complexity index is 1650. The molecule has 456 valence electrons. The monoisotopic (exact) mass is 1110 g/mol. The van der Waals surface area contributed by atoms with Crippen LogP contribution < -0.4 is 0 Å². The first-order chi connectivity index (χ1) is 39.5. The average Bonchev–Trinajstić information content (AvgIpc) is 3.46. The van der Waals surface area contributed by atoms with Crippen molar-refractivity contribution in [1.29, 1.82) is 0 Å². The fourth-order valence-corrected chi connectivity index (χ4v) is 9.29. The van der Waals surface area contributed by atoms with Crippen LogP contribution in [0, 0.1) is 0 Å². The van der Waals surface area contributed by atoms with Crippen molar-refractivity contribution in [2.24, 2.45) is 0 Å². The number of rotatable bonds is 60. The van der Waals surface area contributed by atoms with Crippen molar-refractivity contribution in [1.82, 2.24) is 0 Å². The number of carbonyl (C=O) groups is 3. The molecule has 0 rings (SSSR count). The predicted molar refractivity (Wildman–Crippen MR) is 348 cm³/mol. The zero-order chi connectivity index (χ0) is 57.8. The van der Waals surface area contributed by atoms with E-state index < -0.39 is 6.10 Å². The van der Waals surface area contributed by atoms with Crippen LogP contribution in [-0.4, -0.2) is 37.2 Å². The Balaban J connectivity index is 4.32. The number of esters is 3. The van der Waals surface area contributed by atoms with E-state index in [9.17, 15) is 14.4 Å². The Kier molecular flexibility index (Phi) is 63.8. The summed E-state index contributed by atoms with van der Waals surface area (Å²) in [6.45, 7) is 6.37. The van der Waals surface area contributed by atoms with Gasteiger partial charge < -0.3 is 14.2 Å². The van der Waals surface area contributed by atoms with Gasteiger partial charge in [0.25, 0.3) is 0 Å². The highest BCUT2D eigenvalue weighted by Crippen LogP contribution is 2.17. The zero-order valence-corrected chi connectivity index (χ0v) is 52.3. The summed E-state index contributed by atoms with van der Waals surface area (Å²) >= 11 is 0. The number of hydrogen-bond acceptors (Lipinski definition) is 6. The molecular weight excluding hydrogens is 985 g/mol. The molecule has 1 atom stereocenters. The molecule has 0 aromatic carbocycles. The predicted octanol–water partition coefficient (Wildman–Crippen LogP) is 23.2. The minimum atomic E-state index is -0.811. The van der Waals surface area contributed by atoms with Gasteiger partial charge in [-0.2, -0.15) is 0 Å². The Morgan fingerprint density at radius 1 is 0.263 bits per heavy atom. The second-order valence-electron chi connectivity index (χ2n) is 22.0. The van der Waals surface area contributed by atoms with E-state index in [-0.39, 0.29) is 37.5 Å². The first-order valence-corrected chi connectivity index (χ1v) is 33.5. The van der Waals surface area contributed by atoms with Crippen molar-refractivity contribution in [3.8, 4) is 0 Å². The number of unbranched alkanes of at least 4 members (excludes halogenated alkanes) is 29. The Morgan fingerprint density at radius 3 is 0.838 bits per heavy atom. The van der Waals surface area contributed by atoms with Crippen molar-refractivity contribution in [2.45, 2.75) is 316 Å². The number of carbonyl (C=O) groups excluding carboxylic acids is 3. The van der Waals surface area contributed by atoms with Gasteiger partial charge in [0.15, 0.2) is 6.10 Å². The van der Waals surface area contributed by atoms with Crippen molar-refractivity contribution >= 4 is 17.9 Å². The largest absolute Gasteiger partial charge is 0.462 e. The van der Waals surface area contributed by atoms with Crippen LogP contribution in [0.4, 0.5) is 0 Å². The molecule has 0 amide bonds. The Labute approximate surface area is 494 Å². The summed E-state index contributed by atoms with van der Waals surface area (Å²) < 4.78 is 16.9. The summed E-state index contributed by atoms with van der Waals surface area (Å²) in [6, 6.07) is 0. The maximum absolute atomic E-state index is 12.9. The van der Waals surface area contributed by atoms with Crippen LogP contribution in [0.15, 0.2) is 122 Å². The van der Waals surface area contributed by atoms with Gasteiger partial charge in [0, 0.05) is 19.3 Å². The molecule has 0 aromatic rings. The molecule has 1 unspecified atom stereocenters. The first kappa shape index (κ1) is 75.8. The quantitative estimate of drug-likeness (QED) is 0.0261. The summed E-state index contributed by atoms with van der Waals surface area (Å²) in [4.78, 5) is 38.3. The molecule has 0 aliphatic heterocycles. The minimum Gasteiger partial charge on any atom is -0.462 e. The smallest absolute Gasteiger partial charge is 0.306 e. The summed E-state index contributed by atoms with van der Waals surface area (Å²) in [6.07, 6.45) is 93.8. The molecule has 0 fully saturated rings. The summed E-state index contributed by atoms with van der Waals surface area (Å²) in [5.74, 6) is -0.981. The second-order valence-corrected chi connectivity index (χ2v) is 22.0. The molecule has 0 spiro atoms.